The minimum Gasteiger partial charge on any atom is -0.497 e. The zero-order chi connectivity index (χ0) is 24.4. The molecule has 1 aliphatic carbocycles. The molecular weight excluding hydrogens is 440 g/mol. The molecule has 6 heteroatoms. The summed E-state index contributed by atoms with van der Waals surface area (Å²) in [6.07, 6.45) is 4.50. The number of benzene rings is 3. The van der Waals surface area contributed by atoms with Gasteiger partial charge in [0.1, 0.15) is 11.5 Å². The third-order valence-corrected chi connectivity index (χ3v) is 7.84. The van der Waals surface area contributed by atoms with Gasteiger partial charge >= 0.3 is 0 Å². The molecule has 3 aromatic rings. The summed E-state index contributed by atoms with van der Waals surface area (Å²) in [4.78, 5) is 15.6. The van der Waals surface area contributed by atoms with Crippen molar-refractivity contribution in [3.63, 3.8) is 0 Å². The summed E-state index contributed by atoms with van der Waals surface area (Å²) in [6, 6.07) is 19.7. The van der Waals surface area contributed by atoms with Gasteiger partial charge in [0, 0.05) is 35.1 Å². The number of hydrogen-bond donors (Lipinski definition) is 2. The maximum Gasteiger partial charge on any atom is 0.238 e. The monoisotopic (exact) mass is 474 g/mol. The fourth-order valence-corrected chi connectivity index (χ4v) is 6.11. The standard InChI is InChI=1S/C29H34N2O4/c1-34-21-13-14-26(35-2)23(18-21)28-24-11-5-6-15-29(24,33)16-17-31(28)19-27(32)30-25-12-7-9-20-8-3-4-10-22(20)25/h3-4,7-10,12-14,18,24,28,33H,5-6,11,15-17,19H2,1-2H3,(H,30,32)/t24-,28-,29+/m1/s1. The van der Waals surface area contributed by atoms with Crippen LogP contribution < -0.4 is 14.8 Å². The predicted octanol–water partition coefficient (Wildman–Crippen LogP) is 5.16. The molecule has 0 aromatic heterocycles. The van der Waals surface area contributed by atoms with Crippen LogP contribution in [0.15, 0.2) is 60.7 Å². The van der Waals surface area contributed by atoms with Gasteiger partial charge in [-0.1, -0.05) is 49.2 Å². The molecule has 3 atom stereocenters. The topological polar surface area (TPSA) is 71.0 Å². The van der Waals surface area contributed by atoms with E-state index in [1.54, 1.807) is 14.2 Å². The Morgan fingerprint density at radius 3 is 2.71 bits per heavy atom. The van der Waals surface area contributed by atoms with Gasteiger partial charge in [0.2, 0.25) is 5.91 Å². The van der Waals surface area contributed by atoms with Crippen molar-refractivity contribution >= 4 is 22.4 Å². The molecule has 0 bridgehead atoms. The molecule has 5 rings (SSSR count). The van der Waals surface area contributed by atoms with E-state index in [1.807, 2.05) is 60.7 Å². The van der Waals surface area contributed by atoms with Crippen LogP contribution >= 0.6 is 0 Å². The molecule has 1 amide bonds. The minimum absolute atomic E-state index is 0.0244. The maximum atomic E-state index is 13.3. The molecule has 0 spiro atoms. The van der Waals surface area contributed by atoms with Crippen molar-refractivity contribution in [1.82, 2.24) is 4.90 Å². The SMILES string of the molecule is COc1ccc(OC)c([C@@H]2[C@H]3CCCC[C@]3(O)CCN2CC(=O)Nc2cccc3ccccc23)c1. The van der Waals surface area contributed by atoms with E-state index in [1.165, 1.54) is 0 Å². The number of hydrogen-bond acceptors (Lipinski definition) is 5. The molecule has 0 radical (unpaired) electrons. The quantitative estimate of drug-likeness (QED) is 0.516. The van der Waals surface area contributed by atoms with E-state index < -0.39 is 5.60 Å². The highest BCUT2D eigenvalue weighted by Gasteiger charge is 2.50. The number of likely N-dealkylation sites (tertiary alicyclic amines) is 1. The third-order valence-electron chi connectivity index (χ3n) is 7.84. The van der Waals surface area contributed by atoms with E-state index in [0.29, 0.717) is 13.0 Å². The second-order valence-electron chi connectivity index (χ2n) is 9.80. The fraction of sp³-hybridized carbons (Fsp3) is 0.414. The van der Waals surface area contributed by atoms with Crippen LogP contribution in [0.5, 0.6) is 11.5 Å². The van der Waals surface area contributed by atoms with Crippen molar-refractivity contribution in [3.05, 3.63) is 66.2 Å². The third kappa shape index (κ3) is 4.60. The molecule has 1 saturated carbocycles. The molecular formula is C29H34N2O4. The summed E-state index contributed by atoms with van der Waals surface area (Å²) in [7, 11) is 3.32. The predicted molar refractivity (Wildman–Crippen MR) is 138 cm³/mol. The van der Waals surface area contributed by atoms with Crippen molar-refractivity contribution in [3.8, 4) is 11.5 Å². The van der Waals surface area contributed by atoms with Gasteiger partial charge in [-0.15, -0.1) is 0 Å². The van der Waals surface area contributed by atoms with E-state index >= 15 is 0 Å². The van der Waals surface area contributed by atoms with E-state index in [-0.39, 0.29) is 24.4 Å². The zero-order valence-corrected chi connectivity index (χ0v) is 20.5. The highest BCUT2D eigenvalue weighted by atomic mass is 16.5. The van der Waals surface area contributed by atoms with Crippen LogP contribution in [-0.2, 0) is 4.79 Å². The first kappa shape index (κ1) is 23.6. The first-order valence-electron chi connectivity index (χ1n) is 12.5. The van der Waals surface area contributed by atoms with Crippen LogP contribution in [0.4, 0.5) is 5.69 Å². The second kappa shape index (κ2) is 9.88. The summed E-state index contributed by atoms with van der Waals surface area (Å²) in [6.45, 7) is 0.877. The molecule has 1 saturated heterocycles. The van der Waals surface area contributed by atoms with Gasteiger partial charge in [-0.25, -0.2) is 0 Å². The average molecular weight is 475 g/mol. The van der Waals surface area contributed by atoms with Gasteiger partial charge < -0.3 is 19.9 Å². The van der Waals surface area contributed by atoms with E-state index in [0.717, 1.165) is 59.2 Å². The van der Waals surface area contributed by atoms with Crippen molar-refractivity contribution in [2.24, 2.45) is 5.92 Å². The van der Waals surface area contributed by atoms with E-state index in [9.17, 15) is 9.90 Å². The molecule has 2 N–H and O–H groups in total. The summed E-state index contributed by atoms with van der Waals surface area (Å²) in [5, 5.41) is 16.9. The van der Waals surface area contributed by atoms with Crippen molar-refractivity contribution < 1.29 is 19.4 Å². The van der Waals surface area contributed by atoms with Gasteiger partial charge in [-0.3, -0.25) is 9.69 Å². The molecule has 1 heterocycles. The Balaban J connectivity index is 1.46. The number of carbonyl (C=O) groups is 1. The summed E-state index contributed by atoms with van der Waals surface area (Å²) in [5.41, 5.74) is 1.06. The molecule has 35 heavy (non-hydrogen) atoms. The van der Waals surface area contributed by atoms with E-state index in [2.05, 4.69) is 10.2 Å². The van der Waals surface area contributed by atoms with Crippen LogP contribution in [0.1, 0.15) is 43.7 Å². The molecule has 1 aliphatic heterocycles. The summed E-state index contributed by atoms with van der Waals surface area (Å²) >= 11 is 0. The Labute approximate surface area is 206 Å². The molecule has 184 valence electrons. The van der Waals surface area contributed by atoms with Crippen molar-refractivity contribution in [2.75, 3.05) is 32.6 Å². The van der Waals surface area contributed by atoms with Crippen LogP contribution in [0.3, 0.4) is 0 Å². The smallest absolute Gasteiger partial charge is 0.238 e. The number of fused-ring (bicyclic) bond motifs is 2. The first-order chi connectivity index (χ1) is 17.0. The number of nitrogens with one attached hydrogen (secondary N) is 1. The minimum atomic E-state index is -0.723. The first-order valence-corrected chi connectivity index (χ1v) is 12.5. The average Bonchev–Trinajstić information content (AvgIpc) is 2.88. The van der Waals surface area contributed by atoms with Gasteiger partial charge in [0.25, 0.3) is 0 Å². The molecule has 3 aromatic carbocycles. The van der Waals surface area contributed by atoms with Gasteiger partial charge in [0.05, 0.1) is 26.4 Å². The number of ether oxygens (including phenoxy) is 2. The van der Waals surface area contributed by atoms with Crippen LogP contribution in [0.25, 0.3) is 10.8 Å². The van der Waals surface area contributed by atoms with Gasteiger partial charge in [-0.05, 0) is 48.9 Å². The number of anilines is 1. The fourth-order valence-electron chi connectivity index (χ4n) is 6.11. The highest BCUT2D eigenvalue weighted by Crippen LogP contribution is 2.51. The molecule has 2 aliphatic rings. The second-order valence-corrected chi connectivity index (χ2v) is 9.80. The summed E-state index contributed by atoms with van der Waals surface area (Å²) in [5.74, 6) is 1.46. The van der Waals surface area contributed by atoms with Crippen LogP contribution in [0.2, 0.25) is 0 Å². The number of piperidine rings is 1. The highest BCUT2D eigenvalue weighted by molar-refractivity contribution is 6.02. The largest absolute Gasteiger partial charge is 0.497 e. The maximum absolute atomic E-state index is 13.3. The number of rotatable bonds is 6. The van der Waals surface area contributed by atoms with Crippen molar-refractivity contribution in [1.29, 1.82) is 0 Å². The Bertz CT molecular complexity index is 1210. The lowest BCUT2D eigenvalue weighted by atomic mass is 9.66. The normalized spacial score (nSPS) is 24.5. The molecule has 6 nitrogen and oxygen atoms in total. The Morgan fingerprint density at radius 2 is 1.89 bits per heavy atom. The number of nitrogens with zero attached hydrogens (tertiary/aromatic N) is 1. The number of methoxy groups -OCH3 is 2. The Kier molecular flexibility index (Phi) is 6.67. The zero-order valence-electron chi connectivity index (χ0n) is 20.5. The number of aliphatic hydroxyl groups is 1. The Morgan fingerprint density at radius 1 is 1.06 bits per heavy atom. The lowest BCUT2D eigenvalue weighted by molar-refractivity contribution is -0.135. The number of amides is 1. The van der Waals surface area contributed by atoms with Gasteiger partial charge in [0.15, 0.2) is 0 Å². The van der Waals surface area contributed by atoms with Crippen LogP contribution in [-0.4, -0.2) is 48.8 Å². The summed E-state index contributed by atoms with van der Waals surface area (Å²) < 4.78 is 11.3. The lowest BCUT2D eigenvalue weighted by Gasteiger charge is -2.52. The number of carbonyl (C=O) groups excluding carboxylic acids is 1. The Hall–Kier alpha value is -3.09. The van der Waals surface area contributed by atoms with E-state index in [4.69, 9.17) is 9.47 Å². The van der Waals surface area contributed by atoms with Crippen LogP contribution in [0, 0.1) is 5.92 Å². The molecule has 0 unspecified atom stereocenters. The molecule has 2 fully saturated rings. The van der Waals surface area contributed by atoms with Gasteiger partial charge in [-0.2, -0.15) is 0 Å². The van der Waals surface area contributed by atoms with Crippen molar-refractivity contribution in [2.45, 2.75) is 43.7 Å². The lowest BCUT2D eigenvalue weighted by Crippen LogP contribution is -2.56.